The number of carbonyl (C=O) groups is 1. The number of aromatic nitrogens is 1. The van der Waals surface area contributed by atoms with Crippen LogP contribution in [0, 0.1) is 22.7 Å². The maximum atomic E-state index is 13.2. The second kappa shape index (κ2) is 4.93. The van der Waals surface area contributed by atoms with E-state index in [4.69, 9.17) is 10.00 Å². The standard InChI is InChI=1S/C18H21N3O3/c1-11-3-14(13-6-20-5-12(4-19)15(13)22)21(7-11)16(23)18-8-17(2,9-18)10-24-18/h5-6,11,14H,3,7-10H2,1-2H3,(H,20,22)/t11-,14+,17?,18?/m1/s1. The van der Waals surface area contributed by atoms with Gasteiger partial charge in [-0.2, -0.15) is 5.26 Å². The molecule has 126 valence electrons. The molecule has 2 atom stereocenters. The highest BCUT2D eigenvalue weighted by molar-refractivity contribution is 5.88. The van der Waals surface area contributed by atoms with Crippen molar-refractivity contribution < 1.29 is 9.53 Å². The van der Waals surface area contributed by atoms with E-state index >= 15 is 0 Å². The predicted octanol–water partition coefficient (Wildman–Crippen LogP) is 1.73. The number of rotatable bonds is 2. The van der Waals surface area contributed by atoms with Gasteiger partial charge in [-0.05, 0) is 30.6 Å². The third kappa shape index (κ3) is 2.04. The third-order valence-electron chi connectivity index (χ3n) is 5.74. The first-order valence-electron chi connectivity index (χ1n) is 8.44. The van der Waals surface area contributed by atoms with E-state index in [1.165, 1.54) is 6.20 Å². The Balaban J connectivity index is 1.67. The Morgan fingerprint density at radius 3 is 2.83 bits per heavy atom. The molecule has 24 heavy (non-hydrogen) atoms. The molecule has 1 saturated carbocycles. The lowest BCUT2D eigenvalue weighted by Gasteiger charge is -2.44. The number of amides is 1. The SMILES string of the molecule is C[C@@H]1C[C@@H](c2c[nH]cc(C#N)c2=O)N(C(=O)C23CC(C)(CO2)C3)C1. The van der Waals surface area contributed by atoms with E-state index in [2.05, 4.69) is 18.8 Å². The van der Waals surface area contributed by atoms with E-state index in [9.17, 15) is 9.59 Å². The van der Waals surface area contributed by atoms with Gasteiger partial charge in [-0.25, -0.2) is 0 Å². The summed E-state index contributed by atoms with van der Waals surface area (Å²) >= 11 is 0. The van der Waals surface area contributed by atoms with E-state index in [1.54, 1.807) is 11.1 Å². The molecule has 0 spiro atoms. The van der Waals surface area contributed by atoms with Gasteiger partial charge in [0.15, 0.2) is 0 Å². The lowest BCUT2D eigenvalue weighted by Crippen LogP contribution is -2.55. The van der Waals surface area contributed by atoms with Gasteiger partial charge < -0.3 is 14.6 Å². The van der Waals surface area contributed by atoms with E-state index in [-0.39, 0.29) is 28.4 Å². The van der Waals surface area contributed by atoms with Crippen LogP contribution in [0.1, 0.15) is 50.3 Å². The summed E-state index contributed by atoms with van der Waals surface area (Å²) < 4.78 is 5.86. The minimum absolute atomic E-state index is 0.00795. The van der Waals surface area contributed by atoms with E-state index in [0.29, 0.717) is 24.6 Å². The Bertz CT molecular complexity index is 800. The molecule has 3 saturated heterocycles. The van der Waals surface area contributed by atoms with Crippen molar-refractivity contribution in [3.8, 4) is 6.07 Å². The van der Waals surface area contributed by atoms with Crippen molar-refractivity contribution in [2.45, 2.75) is 44.8 Å². The van der Waals surface area contributed by atoms with Gasteiger partial charge in [-0.1, -0.05) is 13.8 Å². The molecule has 0 unspecified atom stereocenters. The summed E-state index contributed by atoms with van der Waals surface area (Å²) in [5, 5.41) is 9.09. The molecule has 1 aliphatic carbocycles. The minimum Gasteiger partial charge on any atom is -0.366 e. The maximum Gasteiger partial charge on any atom is 0.255 e. The summed E-state index contributed by atoms with van der Waals surface area (Å²) in [5.74, 6) is 0.321. The molecular weight excluding hydrogens is 306 g/mol. The number of hydrogen-bond acceptors (Lipinski definition) is 4. The number of likely N-dealkylation sites (tertiary alicyclic amines) is 1. The van der Waals surface area contributed by atoms with Crippen LogP contribution in [0.15, 0.2) is 17.2 Å². The zero-order valence-corrected chi connectivity index (χ0v) is 14.0. The average molecular weight is 327 g/mol. The van der Waals surface area contributed by atoms with E-state index in [0.717, 1.165) is 19.3 Å². The van der Waals surface area contributed by atoms with Crippen molar-refractivity contribution in [1.29, 1.82) is 5.26 Å². The fourth-order valence-electron chi connectivity index (χ4n) is 4.72. The summed E-state index contributed by atoms with van der Waals surface area (Å²) in [7, 11) is 0. The van der Waals surface area contributed by atoms with Crippen LogP contribution in [0.4, 0.5) is 0 Å². The second-order valence-corrected chi connectivity index (χ2v) is 8.03. The molecule has 4 fully saturated rings. The smallest absolute Gasteiger partial charge is 0.255 e. The van der Waals surface area contributed by atoms with Crippen molar-refractivity contribution in [1.82, 2.24) is 9.88 Å². The number of hydrogen-bond donors (Lipinski definition) is 1. The quantitative estimate of drug-likeness (QED) is 0.896. The van der Waals surface area contributed by atoms with Gasteiger partial charge in [-0.3, -0.25) is 9.59 Å². The minimum atomic E-state index is -0.684. The van der Waals surface area contributed by atoms with Crippen molar-refractivity contribution in [2.24, 2.45) is 11.3 Å². The highest BCUT2D eigenvalue weighted by Gasteiger charge is 2.65. The van der Waals surface area contributed by atoms with Gasteiger partial charge in [0.25, 0.3) is 5.91 Å². The Hall–Kier alpha value is -2.13. The summed E-state index contributed by atoms with van der Waals surface area (Å²) in [6, 6.07) is 1.64. The number of nitrogens with zero attached hydrogens (tertiary/aromatic N) is 2. The highest BCUT2D eigenvalue weighted by Crippen LogP contribution is 2.59. The molecule has 1 N–H and O–H groups in total. The number of aromatic amines is 1. The Labute approximate surface area is 140 Å². The van der Waals surface area contributed by atoms with Crippen molar-refractivity contribution >= 4 is 5.91 Å². The second-order valence-electron chi connectivity index (χ2n) is 8.03. The molecule has 5 rings (SSSR count). The predicted molar refractivity (Wildman–Crippen MR) is 86.0 cm³/mol. The Morgan fingerprint density at radius 2 is 2.21 bits per heavy atom. The lowest BCUT2D eigenvalue weighted by molar-refractivity contribution is -0.158. The molecule has 1 aromatic heterocycles. The lowest BCUT2D eigenvalue weighted by atomic mass is 9.63. The van der Waals surface area contributed by atoms with Crippen LogP contribution >= 0.6 is 0 Å². The van der Waals surface area contributed by atoms with Gasteiger partial charge in [0, 0.05) is 24.5 Å². The number of fused-ring (bicyclic) bond motifs is 1. The number of H-pyrrole nitrogens is 1. The number of carbonyl (C=O) groups excluding carboxylic acids is 1. The fourth-order valence-corrected chi connectivity index (χ4v) is 4.72. The van der Waals surface area contributed by atoms with Gasteiger partial charge in [0.2, 0.25) is 5.43 Å². The molecule has 2 bridgehead atoms. The molecular formula is C18H21N3O3. The molecule has 0 radical (unpaired) electrons. The first kappa shape index (κ1) is 15.4. The van der Waals surface area contributed by atoms with Crippen LogP contribution < -0.4 is 5.43 Å². The fraction of sp³-hybridized carbons (Fsp3) is 0.611. The molecule has 6 nitrogen and oxygen atoms in total. The van der Waals surface area contributed by atoms with Crippen LogP contribution in [0.3, 0.4) is 0 Å². The molecule has 1 amide bonds. The van der Waals surface area contributed by atoms with Crippen LogP contribution in [-0.2, 0) is 9.53 Å². The van der Waals surface area contributed by atoms with Crippen molar-refractivity contribution in [2.75, 3.05) is 13.2 Å². The number of pyridine rings is 1. The molecule has 6 heteroatoms. The van der Waals surface area contributed by atoms with Gasteiger partial charge >= 0.3 is 0 Å². The van der Waals surface area contributed by atoms with Gasteiger partial charge in [0.1, 0.15) is 17.2 Å². The first-order chi connectivity index (χ1) is 11.4. The van der Waals surface area contributed by atoms with Crippen LogP contribution in [0.25, 0.3) is 0 Å². The molecule has 4 heterocycles. The first-order valence-corrected chi connectivity index (χ1v) is 8.44. The molecule has 0 aromatic carbocycles. The largest absolute Gasteiger partial charge is 0.366 e. The van der Waals surface area contributed by atoms with Crippen LogP contribution in [0.2, 0.25) is 0 Å². The summed E-state index contributed by atoms with van der Waals surface area (Å²) in [4.78, 5) is 30.4. The zero-order valence-electron chi connectivity index (χ0n) is 14.0. The van der Waals surface area contributed by atoms with Gasteiger partial charge in [-0.15, -0.1) is 0 Å². The molecule has 4 aliphatic rings. The molecule has 1 aromatic rings. The normalized spacial score (nSPS) is 37.1. The summed E-state index contributed by atoms with van der Waals surface area (Å²) in [5.41, 5.74) is -0.239. The average Bonchev–Trinajstić information content (AvgIpc) is 3.17. The van der Waals surface area contributed by atoms with E-state index in [1.807, 2.05) is 6.07 Å². The highest BCUT2D eigenvalue weighted by atomic mass is 16.5. The number of nitrogens with one attached hydrogen (secondary N) is 1. The summed E-state index contributed by atoms with van der Waals surface area (Å²) in [6.07, 6.45) is 5.31. The monoisotopic (exact) mass is 327 g/mol. The van der Waals surface area contributed by atoms with Gasteiger partial charge in [0.05, 0.1) is 12.6 Å². The number of nitriles is 1. The number of ether oxygens (including phenoxy) is 1. The Morgan fingerprint density at radius 1 is 1.46 bits per heavy atom. The van der Waals surface area contributed by atoms with E-state index < -0.39 is 5.60 Å². The maximum absolute atomic E-state index is 13.2. The van der Waals surface area contributed by atoms with Crippen molar-refractivity contribution in [3.05, 3.63) is 33.7 Å². The topological polar surface area (TPSA) is 86.2 Å². The van der Waals surface area contributed by atoms with Crippen LogP contribution in [0.5, 0.6) is 0 Å². The third-order valence-corrected chi connectivity index (χ3v) is 5.74. The van der Waals surface area contributed by atoms with Crippen LogP contribution in [-0.4, -0.2) is 34.5 Å². The zero-order chi connectivity index (χ0) is 17.1. The summed E-state index contributed by atoms with van der Waals surface area (Å²) in [6.45, 7) is 5.50. The Kier molecular flexibility index (Phi) is 3.17. The van der Waals surface area contributed by atoms with Crippen molar-refractivity contribution in [3.63, 3.8) is 0 Å². The molecule has 3 aliphatic heterocycles.